The Kier molecular flexibility index (Phi) is 3.99. The second kappa shape index (κ2) is 5.54. The number of piperazine rings is 1. The lowest BCUT2D eigenvalue weighted by Crippen LogP contribution is -2.52. The van der Waals surface area contributed by atoms with Crippen molar-refractivity contribution in [2.75, 3.05) is 19.6 Å². The predicted octanol–water partition coefficient (Wildman–Crippen LogP) is 0.0809. The summed E-state index contributed by atoms with van der Waals surface area (Å²) in [6, 6.07) is 6.17. The van der Waals surface area contributed by atoms with Crippen LogP contribution in [0.5, 0.6) is 0 Å². The van der Waals surface area contributed by atoms with Gasteiger partial charge in [0.05, 0.1) is 11.0 Å². The first-order valence-electron chi connectivity index (χ1n) is 5.84. The van der Waals surface area contributed by atoms with Crippen LogP contribution in [0.2, 0.25) is 0 Å². The van der Waals surface area contributed by atoms with Gasteiger partial charge in [0.2, 0.25) is 0 Å². The lowest BCUT2D eigenvalue weighted by molar-refractivity contribution is -0.387. The molecule has 0 aromatic heterocycles. The fourth-order valence-electron chi connectivity index (χ4n) is 2.04. The van der Waals surface area contributed by atoms with E-state index in [1.807, 2.05) is 6.07 Å². The SMILES string of the molecule is N#CC1CNCCN1S(=O)(=O)c1ccccc1[N+](=O)[O-]. The maximum absolute atomic E-state index is 12.5. The highest BCUT2D eigenvalue weighted by Crippen LogP contribution is 2.27. The largest absolute Gasteiger partial charge is 0.313 e. The summed E-state index contributed by atoms with van der Waals surface area (Å²) in [5.74, 6) is 0. The maximum Gasteiger partial charge on any atom is 0.289 e. The standard InChI is InChI=1S/C11H12N4O4S/c12-7-9-8-13-5-6-14(9)20(18,19)11-4-2-1-3-10(11)15(16)17/h1-4,9,13H,5-6,8H2. The zero-order valence-electron chi connectivity index (χ0n) is 10.4. The van der Waals surface area contributed by atoms with E-state index in [1.54, 1.807) is 0 Å². The Morgan fingerprint density at radius 1 is 1.45 bits per heavy atom. The highest BCUT2D eigenvalue weighted by atomic mass is 32.2. The Hall–Kier alpha value is -2.02. The third-order valence-corrected chi connectivity index (χ3v) is 4.95. The molecule has 0 amide bonds. The molecule has 8 nitrogen and oxygen atoms in total. The number of nitro benzene ring substituents is 1. The molecule has 0 bridgehead atoms. The van der Waals surface area contributed by atoms with Crippen LogP contribution >= 0.6 is 0 Å². The van der Waals surface area contributed by atoms with Gasteiger partial charge in [0.15, 0.2) is 4.90 Å². The number of nitrogens with zero attached hydrogens (tertiary/aromatic N) is 3. The second-order valence-electron chi connectivity index (χ2n) is 4.19. The molecule has 2 rings (SSSR count). The number of rotatable bonds is 3. The first-order chi connectivity index (χ1) is 9.48. The summed E-state index contributed by atoms with van der Waals surface area (Å²) < 4.78 is 26.1. The average Bonchev–Trinajstić information content (AvgIpc) is 2.47. The van der Waals surface area contributed by atoms with Crippen molar-refractivity contribution in [1.82, 2.24) is 9.62 Å². The zero-order chi connectivity index (χ0) is 14.8. The number of nitro groups is 1. The molecule has 1 aliphatic rings. The van der Waals surface area contributed by atoms with Gasteiger partial charge in [-0.25, -0.2) is 8.42 Å². The van der Waals surface area contributed by atoms with Crippen LogP contribution in [-0.2, 0) is 10.0 Å². The number of nitrogens with one attached hydrogen (secondary N) is 1. The molecule has 1 atom stereocenters. The number of nitriles is 1. The lowest BCUT2D eigenvalue weighted by atomic mass is 10.3. The van der Waals surface area contributed by atoms with E-state index in [1.165, 1.54) is 18.2 Å². The van der Waals surface area contributed by atoms with Gasteiger partial charge >= 0.3 is 0 Å². The van der Waals surface area contributed by atoms with Crippen molar-refractivity contribution in [3.63, 3.8) is 0 Å². The van der Waals surface area contributed by atoms with Crippen molar-refractivity contribution in [3.8, 4) is 6.07 Å². The maximum atomic E-state index is 12.5. The minimum absolute atomic E-state index is 0.104. The minimum atomic E-state index is -4.07. The third kappa shape index (κ3) is 2.49. The summed E-state index contributed by atoms with van der Waals surface area (Å²) in [7, 11) is -4.07. The summed E-state index contributed by atoms with van der Waals surface area (Å²) in [5, 5.41) is 22.9. The molecule has 0 radical (unpaired) electrons. The van der Waals surface area contributed by atoms with Crippen molar-refractivity contribution in [1.29, 1.82) is 5.26 Å². The van der Waals surface area contributed by atoms with Crippen LogP contribution in [0, 0.1) is 21.4 Å². The van der Waals surface area contributed by atoms with Gasteiger partial charge in [0.25, 0.3) is 15.7 Å². The molecule has 1 saturated heterocycles. The van der Waals surface area contributed by atoms with Crippen LogP contribution in [0.4, 0.5) is 5.69 Å². The van der Waals surface area contributed by atoms with E-state index >= 15 is 0 Å². The Morgan fingerprint density at radius 3 is 2.80 bits per heavy atom. The predicted molar refractivity (Wildman–Crippen MR) is 69.3 cm³/mol. The number of benzene rings is 1. The molecular formula is C11H12N4O4S. The van der Waals surface area contributed by atoms with E-state index in [2.05, 4.69) is 5.32 Å². The lowest BCUT2D eigenvalue weighted by Gasteiger charge is -2.30. The molecule has 1 aromatic rings. The van der Waals surface area contributed by atoms with Crippen LogP contribution in [0.1, 0.15) is 0 Å². The van der Waals surface area contributed by atoms with Gasteiger partial charge in [-0.15, -0.1) is 0 Å². The molecule has 1 fully saturated rings. The van der Waals surface area contributed by atoms with E-state index in [0.29, 0.717) is 6.54 Å². The third-order valence-electron chi connectivity index (χ3n) is 2.99. The minimum Gasteiger partial charge on any atom is -0.313 e. The van der Waals surface area contributed by atoms with Gasteiger partial charge in [-0.3, -0.25) is 10.1 Å². The molecule has 1 aromatic carbocycles. The van der Waals surface area contributed by atoms with Crippen molar-refractivity contribution in [3.05, 3.63) is 34.4 Å². The van der Waals surface area contributed by atoms with Gasteiger partial charge < -0.3 is 5.32 Å². The Bertz CT molecular complexity index is 667. The topological polar surface area (TPSA) is 116 Å². The summed E-state index contributed by atoms with van der Waals surface area (Å²) >= 11 is 0. The van der Waals surface area contributed by atoms with Crippen LogP contribution in [0.15, 0.2) is 29.2 Å². The van der Waals surface area contributed by atoms with Crippen molar-refractivity contribution in [2.24, 2.45) is 0 Å². The number of sulfonamides is 1. The molecule has 0 saturated carbocycles. The van der Waals surface area contributed by atoms with Crippen LogP contribution in [0.25, 0.3) is 0 Å². The molecule has 1 N–H and O–H groups in total. The first-order valence-corrected chi connectivity index (χ1v) is 7.28. The smallest absolute Gasteiger partial charge is 0.289 e. The fourth-order valence-corrected chi connectivity index (χ4v) is 3.73. The van der Waals surface area contributed by atoms with Gasteiger partial charge in [0.1, 0.15) is 6.04 Å². The van der Waals surface area contributed by atoms with Crippen molar-refractivity contribution >= 4 is 15.7 Å². The molecule has 1 aliphatic heterocycles. The van der Waals surface area contributed by atoms with Crippen LogP contribution in [-0.4, -0.2) is 43.3 Å². The Balaban J connectivity index is 2.50. The summed E-state index contributed by atoms with van der Waals surface area (Å²) in [4.78, 5) is 9.83. The van der Waals surface area contributed by atoms with E-state index in [9.17, 15) is 18.5 Å². The van der Waals surface area contributed by atoms with Gasteiger partial charge in [-0.1, -0.05) is 12.1 Å². The second-order valence-corrected chi connectivity index (χ2v) is 6.05. The number of hydrogen-bond acceptors (Lipinski definition) is 6. The normalized spacial score (nSPS) is 20.2. The van der Waals surface area contributed by atoms with Gasteiger partial charge in [-0.05, 0) is 6.07 Å². The number of hydrogen-bond donors (Lipinski definition) is 1. The highest BCUT2D eigenvalue weighted by Gasteiger charge is 2.37. The van der Waals surface area contributed by atoms with Crippen LogP contribution in [0.3, 0.4) is 0 Å². The van der Waals surface area contributed by atoms with E-state index in [-0.39, 0.29) is 18.0 Å². The van der Waals surface area contributed by atoms with Crippen LogP contribution < -0.4 is 5.32 Å². The van der Waals surface area contributed by atoms with Crippen molar-refractivity contribution in [2.45, 2.75) is 10.9 Å². The highest BCUT2D eigenvalue weighted by molar-refractivity contribution is 7.89. The molecule has 1 heterocycles. The molecule has 0 spiro atoms. The summed E-state index contributed by atoms with van der Waals surface area (Å²) in [5.41, 5.74) is -0.484. The molecule has 0 aliphatic carbocycles. The Morgan fingerprint density at radius 2 is 2.15 bits per heavy atom. The quantitative estimate of drug-likeness (QED) is 0.623. The fraction of sp³-hybridized carbons (Fsp3) is 0.364. The first kappa shape index (κ1) is 14.4. The monoisotopic (exact) mass is 296 g/mol. The van der Waals surface area contributed by atoms with Crippen molar-refractivity contribution < 1.29 is 13.3 Å². The van der Waals surface area contributed by atoms with E-state index in [4.69, 9.17) is 5.26 Å². The average molecular weight is 296 g/mol. The Labute approximate surface area is 115 Å². The molecule has 106 valence electrons. The summed E-state index contributed by atoms with van der Waals surface area (Å²) in [6.07, 6.45) is 0. The molecule has 20 heavy (non-hydrogen) atoms. The molecule has 1 unspecified atom stereocenters. The van der Waals surface area contributed by atoms with E-state index < -0.39 is 26.7 Å². The van der Waals surface area contributed by atoms with Gasteiger partial charge in [-0.2, -0.15) is 9.57 Å². The number of para-hydroxylation sites is 1. The van der Waals surface area contributed by atoms with E-state index in [0.717, 1.165) is 10.4 Å². The van der Waals surface area contributed by atoms with Gasteiger partial charge in [0, 0.05) is 25.7 Å². The molecule has 9 heteroatoms. The molecular weight excluding hydrogens is 284 g/mol. The zero-order valence-corrected chi connectivity index (χ0v) is 11.2. The summed E-state index contributed by atoms with van der Waals surface area (Å²) in [6.45, 7) is 0.709.